The maximum absolute atomic E-state index is 12.7. The van der Waals surface area contributed by atoms with Gasteiger partial charge in [0.1, 0.15) is 5.78 Å². The number of unbranched alkanes of at least 4 members (excludes halogenated alkanes) is 2. The Morgan fingerprint density at radius 2 is 1.50 bits per heavy atom. The topological polar surface area (TPSA) is 77.3 Å². The summed E-state index contributed by atoms with van der Waals surface area (Å²) in [6, 6.07) is 13.3. The van der Waals surface area contributed by atoms with Gasteiger partial charge in [-0.2, -0.15) is 0 Å². The van der Waals surface area contributed by atoms with E-state index in [2.05, 4.69) is 6.92 Å². The normalized spacial score (nSPS) is 11.8. The highest BCUT2D eigenvalue weighted by Crippen LogP contribution is 2.24. The van der Waals surface area contributed by atoms with E-state index < -0.39 is 10.8 Å². The van der Waals surface area contributed by atoms with Gasteiger partial charge in [-0.3, -0.25) is 19.7 Å². The summed E-state index contributed by atoms with van der Waals surface area (Å²) in [5, 5.41) is 10.7. The Morgan fingerprint density at radius 3 is 1.96 bits per heavy atom. The van der Waals surface area contributed by atoms with E-state index in [0.717, 1.165) is 30.4 Å². The van der Waals surface area contributed by atoms with Crippen LogP contribution in [0.15, 0.2) is 48.5 Å². The predicted molar refractivity (Wildman–Crippen MR) is 101 cm³/mol. The van der Waals surface area contributed by atoms with Gasteiger partial charge in [-0.05, 0) is 36.6 Å². The van der Waals surface area contributed by atoms with Crippen LogP contribution in [-0.4, -0.2) is 16.5 Å². The van der Waals surface area contributed by atoms with Crippen molar-refractivity contribution in [3.63, 3.8) is 0 Å². The number of rotatable bonds is 9. The number of nitro benzene ring substituents is 1. The molecule has 0 N–H and O–H groups in total. The Hall–Kier alpha value is -2.82. The van der Waals surface area contributed by atoms with Crippen LogP contribution in [0.3, 0.4) is 0 Å². The first-order valence-corrected chi connectivity index (χ1v) is 8.83. The van der Waals surface area contributed by atoms with Gasteiger partial charge in [-0.1, -0.05) is 50.5 Å². The molecule has 0 aliphatic heterocycles. The van der Waals surface area contributed by atoms with Gasteiger partial charge in [-0.15, -0.1) is 0 Å². The van der Waals surface area contributed by atoms with Crippen LogP contribution in [0.1, 0.15) is 49.9 Å². The Balaban J connectivity index is 2.15. The molecule has 0 aliphatic carbocycles. The van der Waals surface area contributed by atoms with Gasteiger partial charge in [0.25, 0.3) is 5.69 Å². The molecule has 26 heavy (non-hydrogen) atoms. The summed E-state index contributed by atoms with van der Waals surface area (Å²) < 4.78 is 0. The van der Waals surface area contributed by atoms with Crippen LogP contribution in [0.4, 0.5) is 5.69 Å². The molecule has 2 aromatic carbocycles. The van der Waals surface area contributed by atoms with Gasteiger partial charge in [0.15, 0.2) is 5.78 Å². The average Bonchev–Trinajstić information content (AvgIpc) is 2.65. The smallest absolute Gasteiger partial charge is 0.269 e. The molecule has 2 rings (SSSR count). The molecule has 136 valence electrons. The maximum Gasteiger partial charge on any atom is 0.269 e. The zero-order valence-corrected chi connectivity index (χ0v) is 15.1. The molecule has 5 nitrogen and oxygen atoms in total. The molecule has 0 amide bonds. The van der Waals surface area contributed by atoms with Gasteiger partial charge in [0.05, 0.1) is 10.8 Å². The molecule has 0 saturated carbocycles. The first kappa shape index (κ1) is 19.5. The highest BCUT2D eigenvalue weighted by Gasteiger charge is 2.23. The largest absolute Gasteiger partial charge is 0.299 e. The summed E-state index contributed by atoms with van der Waals surface area (Å²) in [4.78, 5) is 34.8. The predicted octanol–water partition coefficient (Wildman–Crippen LogP) is 5.23. The number of carbonyl (C=O) groups excluding carboxylic acids is 2. The summed E-state index contributed by atoms with van der Waals surface area (Å²) in [6.07, 6.45) is 3.51. The average molecular weight is 353 g/mol. The molecule has 0 radical (unpaired) electrons. The van der Waals surface area contributed by atoms with Crippen molar-refractivity contribution < 1.29 is 14.5 Å². The second-order valence-electron chi connectivity index (χ2n) is 6.40. The zero-order valence-electron chi connectivity index (χ0n) is 15.1. The van der Waals surface area contributed by atoms with E-state index in [1.54, 1.807) is 36.4 Å². The van der Waals surface area contributed by atoms with Crippen molar-refractivity contribution >= 4 is 17.3 Å². The van der Waals surface area contributed by atoms with E-state index >= 15 is 0 Å². The molecule has 0 bridgehead atoms. The third kappa shape index (κ3) is 4.85. The molecule has 0 aromatic heterocycles. The molecule has 0 aliphatic rings. The minimum absolute atomic E-state index is 0.0388. The first-order valence-electron chi connectivity index (χ1n) is 8.83. The fourth-order valence-electron chi connectivity index (χ4n) is 2.92. The second-order valence-corrected chi connectivity index (χ2v) is 6.40. The van der Waals surface area contributed by atoms with E-state index in [1.165, 1.54) is 19.1 Å². The van der Waals surface area contributed by atoms with Gasteiger partial charge >= 0.3 is 0 Å². The molecule has 0 spiro atoms. The highest BCUT2D eigenvalue weighted by atomic mass is 16.6. The van der Waals surface area contributed by atoms with Crippen LogP contribution in [-0.2, 0) is 4.79 Å². The third-order valence-corrected chi connectivity index (χ3v) is 4.48. The number of carbonyl (C=O) groups is 2. The number of ketones is 2. The molecule has 0 fully saturated rings. The van der Waals surface area contributed by atoms with Gasteiger partial charge in [0.2, 0.25) is 0 Å². The molecular formula is C21H23NO4. The fourth-order valence-corrected chi connectivity index (χ4v) is 2.92. The number of hydrogen-bond donors (Lipinski definition) is 0. The van der Waals surface area contributed by atoms with Gasteiger partial charge < -0.3 is 0 Å². The minimum atomic E-state index is -0.577. The lowest BCUT2D eigenvalue weighted by molar-refractivity contribution is -0.384. The summed E-state index contributed by atoms with van der Waals surface area (Å²) in [5.74, 6) is -0.804. The Morgan fingerprint density at radius 1 is 0.962 bits per heavy atom. The van der Waals surface area contributed by atoms with Crippen molar-refractivity contribution in [1.82, 2.24) is 0 Å². The number of nitro groups is 1. The number of benzene rings is 2. The number of hydrogen-bond acceptors (Lipinski definition) is 4. The zero-order chi connectivity index (χ0) is 19.1. The van der Waals surface area contributed by atoms with Crippen molar-refractivity contribution in [3.8, 4) is 11.1 Å². The molecule has 0 heterocycles. The number of Topliss-reactive ketones (excluding diaryl/α,β-unsaturated/α-hetero) is 2. The lowest BCUT2D eigenvalue weighted by atomic mass is 9.89. The van der Waals surface area contributed by atoms with Crippen LogP contribution in [0.2, 0.25) is 0 Å². The van der Waals surface area contributed by atoms with Gasteiger partial charge in [0, 0.05) is 17.7 Å². The first-order chi connectivity index (χ1) is 12.4. The SMILES string of the molecule is CCCCCC(C(C)=O)C(=O)c1ccc(-c2ccc([N+](=O)[O-])cc2)cc1. The maximum atomic E-state index is 12.7. The van der Waals surface area contributed by atoms with Crippen molar-refractivity contribution in [3.05, 3.63) is 64.2 Å². The standard InChI is InChI=1S/C21H23NO4/c1-3-4-5-6-20(15(2)23)21(24)18-9-7-16(8-10-18)17-11-13-19(14-12-17)22(25)26/h7-14,20H,3-6H2,1-2H3. The van der Waals surface area contributed by atoms with Crippen LogP contribution in [0.5, 0.6) is 0 Å². The molecule has 1 atom stereocenters. The summed E-state index contributed by atoms with van der Waals surface area (Å²) >= 11 is 0. The van der Waals surface area contributed by atoms with E-state index in [9.17, 15) is 19.7 Å². The number of non-ortho nitro benzene ring substituents is 1. The summed E-state index contributed by atoms with van der Waals surface area (Å²) in [5.41, 5.74) is 2.26. The lowest BCUT2D eigenvalue weighted by Gasteiger charge is -2.13. The molecule has 1 unspecified atom stereocenters. The van der Waals surface area contributed by atoms with E-state index in [1.807, 2.05) is 0 Å². The summed E-state index contributed by atoms with van der Waals surface area (Å²) in [6.45, 7) is 3.56. The molecule has 0 saturated heterocycles. The molecule has 5 heteroatoms. The van der Waals surface area contributed by atoms with Crippen molar-refractivity contribution in [2.45, 2.75) is 39.5 Å². The van der Waals surface area contributed by atoms with Crippen LogP contribution in [0, 0.1) is 16.0 Å². The third-order valence-electron chi connectivity index (χ3n) is 4.48. The molecule has 2 aromatic rings. The Kier molecular flexibility index (Phi) is 6.78. The van der Waals surface area contributed by atoms with Crippen molar-refractivity contribution in [1.29, 1.82) is 0 Å². The fraction of sp³-hybridized carbons (Fsp3) is 0.333. The quantitative estimate of drug-likeness (QED) is 0.203. The van der Waals surface area contributed by atoms with Crippen LogP contribution < -0.4 is 0 Å². The Labute approximate surface area is 153 Å². The summed E-state index contributed by atoms with van der Waals surface area (Å²) in [7, 11) is 0. The molecular weight excluding hydrogens is 330 g/mol. The van der Waals surface area contributed by atoms with Crippen molar-refractivity contribution in [2.75, 3.05) is 0 Å². The minimum Gasteiger partial charge on any atom is -0.299 e. The van der Waals surface area contributed by atoms with Gasteiger partial charge in [-0.25, -0.2) is 0 Å². The van der Waals surface area contributed by atoms with Crippen LogP contribution >= 0.6 is 0 Å². The second kappa shape index (κ2) is 9.04. The lowest BCUT2D eigenvalue weighted by Crippen LogP contribution is -2.22. The monoisotopic (exact) mass is 353 g/mol. The van der Waals surface area contributed by atoms with E-state index in [-0.39, 0.29) is 17.3 Å². The van der Waals surface area contributed by atoms with Crippen molar-refractivity contribution in [2.24, 2.45) is 5.92 Å². The van der Waals surface area contributed by atoms with E-state index in [0.29, 0.717) is 12.0 Å². The highest BCUT2D eigenvalue weighted by molar-refractivity contribution is 6.10. The van der Waals surface area contributed by atoms with E-state index in [4.69, 9.17) is 0 Å². The van der Waals surface area contributed by atoms with Crippen LogP contribution in [0.25, 0.3) is 11.1 Å². The number of nitrogens with zero attached hydrogens (tertiary/aromatic N) is 1. The Bertz CT molecular complexity index is 779.